The van der Waals surface area contributed by atoms with Crippen molar-refractivity contribution in [2.24, 2.45) is 5.10 Å². The van der Waals surface area contributed by atoms with Gasteiger partial charge < -0.3 is 0 Å². The molecule has 28 heavy (non-hydrogen) atoms. The number of hydrazone groups is 1. The van der Waals surface area contributed by atoms with E-state index in [-0.39, 0.29) is 17.0 Å². The molecular weight excluding hydrogens is 362 g/mol. The Morgan fingerprint density at radius 2 is 1.75 bits per heavy atom. The zero-order chi connectivity index (χ0) is 20.5. The van der Waals surface area contributed by atoms with Gasteiger partial charge in [0.1, 0.15) is 5.71 Å². The summed E-state index contributed by atoms with van der Waals surface area (Å²) in [7, 11) is 0. The Hall–Kier alpha value is -3.09. The van der Waals surface area contributed by atoms with Crippen molar-refractivity contribution in [3.05, 3.63) is 65.5 Å². The van der Waals surface area contributed by atoms with E-state index in [1.165, 1.54) is 6.92 Å². The van der Waals surface area contributed by atoms with Crippen LogP contribution in [0.1, 0.15) is 56.0 Å². The van der Waals surface area contributed by atoms with E-state index in [4.69, 9.17) is 0 Å². The van der Waals surface area contributed by atoms with Gasteiger partial charge in [0.15, 0.2) is 5.82 Å². The molecule has 146 valence electrons. The molecule has 0 unspecified atom stereocenters. The number of rotatable bonds is 4. The molecule has 0 saturated heterocycles. The number of hydrogen-bond donors (Lipinski definition) is 1. The first-order valence-electron chi connectivity index (χ1n) is 8.89. The van der Waals surface area contributed by atoms with Crippen molar-refractivity contribution in [1.82, 2.24) is 15.0 Å². The van der Waals surface area contributed by atoms with E-state index in [0.29, 0.717) is 16.6 Å². The molecule has 1 amide bonds. The van der Waals surface area contributed by atoms with Gasteiger partial charge in [0, 0.05) is 5.56 Å². The van der Waals surface area contributed by atoms with Crippen LogP contribution < -0.4 is 5.43 Å². The molecule has 0 radical (unpaired) electrons. The van der Waals surface area contributed by atoms with Gasteiger partial charge in [-0.1, -0.05) is 45.0 Å². The molecule has 0 aliphatic heterocycles. The molecule has 3 rings (SSSR count). The maximum absolute atomic E-state index is 13.5. The number of benzene rings is 2. The van der Waals surface area contributed by atoms with E-state index >= 15 is 0 Å². The van der Waals surface area contributed by atoms with Crippen LogP contribution in [-0.2, 0) is 5.41 Å². The van der Waals surface area contributed by atoms with Crippen molar-refractivity contribution in [3.63, 3.8) is 0 Å². The number of carbonyl (C=O) groups is 1. The lowest BCUT2D eigenvalue weighted by atomic mass is 9.87. The molecule has 5 nitrogen and oxygen atoms in total. The monoisotopic (exact) mass is 384 g/mol. The van der Waals surface area contributed by atoms with Gasteiger partial charge in [0.2, 0.25) is 0 Å². The van der Waals surface area contributed by atoms with Crippen molar-refractivity contribution in [2.75, 3.05) is 0 Å². The topological polar surface area (TPSA) is 59.3 Å². The van der Waals surface area contributed by atoms with Gasteiger partial charge >= 0.3 is 6.55 Å². The van der Waals surface area contributed by atoms with Crippen LogP contribution in [0.3, 0.4) is 0 Å². The van der Waals surface area contributed by atoms with Gasteiger partial charge in [0.25, 0.3) is 5.91 Å². The van der Waals surface area contributed by atoms with Gasteiger partial charge in [-0.25, -0.2) is 10.4 Å². The molecule has 2 aromatic carbocycles. The Balaban J connectivity index is 1.84. The summed E-state index contributed by atoms with van der Waals surface area (Å²) in [5.74, 6) is -0.404. The van der Waals surface area contributed by atoms with E-state index < -0.39 is 12.5 Å². The number of hydrogen-bond acceptors (Lipinski definition) is 3. The fourth-order valence-electron chi connectivity index (χ4n) is 2.87. The second-order valence-electron chi connectivity index (χ2n) is 7.54. The first kappa shape index (κ1) is 19.7. The second-order valence-corrected chi connectivity index (χ2v) is 7.54. The van der Waals surface area contributed by atoms with Crippen LogP contribution in [0.5, 0.6) is 0 Å². The minimum atomic E-state index is -2.77. The standard InChI is InChI=1S/C21H22F2N4O/c1-13(18-24-16-7-5-6-8-17(16)27(18)20(22)23)25-26-19(28)14-9-11-15(12-10-14)21(2,3)4/h5-12,20H,1-4H3,(H,26,28)/b25-13+. The van der Waals surface area contributed by atoms with Crippen LogP contribution in [0.4, 0.5) is 8.78 Å². The molecule has 7 heteroatoms. The van der Waals surface area contributed by atoms with Crippen molar-refractivity contribution >= 4 is 22.7 Å². The van der Waals surface area contributed by atoms with Gasteiger partial charge in [-0.15, -0.1) is 0 Å². The number of amides is 1. The third kappa shape index (κ3) is 3.93. The summed E-state index contributed by atoms with van der Waals surface area (Å²) in [5, 5.41) is 3.98. The Morgan fingerprint density at radius 1 is 1.11 bits per heavy atom. The van der Waals surface area contributed by atoms with Gasteiger partial charge in [0.05, 0.1) is 11.0 Å². The van der Waals surface area contributed by atoms with Crippen LogP contribution in [0.15, 0.2) is 53.6 Å². The fourth-order valence-corrected chi connectivity index (χ4v) is 2.87. The first-order chi connectivity index (χ1) is 13.2. The number of alkyl halides is 2. The Bertz CT molecular complexity index is 1030. The predicted molar refractivity (Wildman–Crippen MR) is 106 cm³/mol. The van der Waals surface area contributed by atoms with Crippen LogP contribution in [0, 0.1) is 0 Å². The van der Waals surface area contributed by atoms with Crippen molar-refractivity contribution in [1.29, 1.82) is 0 Å². The molecule has 0 saturated carbocycles. The van der Waals surface area contributed by atoms with Crippen molar-refractivity contribution in [2.45, 2.75) is 39.7 Å². The SMILES string of the molecule is C/C(=N\NC(=O)c1ccc(C(C)(C)C)cc1)c1nc2ccccc2n1C(F)F. The number of fused-ring (bicyclic) bond motifs is 1. The quantitative estimate of drug-likeness (QED) is 0.515. The van der Waals surface area contributed by atoms with E-state index in [0.717, 1.165) is 10.1 Å². The summed E-state index contributed by atoms with van der Waals surface area (Å²) in [6.07, 6.45) is 0. The number of imidazole rings is 1. The normalized spacial score (nSPS) is 12.6. The van der Waals surface area contributed by atoms with E-state index in [1.54, 1.807) is 36.4 Å². The Morgan fingerprint density at radius 3 is 2.36 bits per heavy atom. The summed E-state index contributed by atoms with van der Waals surface area (Å²) >= 11 is 0. The highest BCUT2D eigenvalue weighted by atomic mass is 19.3. The molecule has 0 spiro atoms. The second kappa shape index (κ2) is 7.50. The van der Waals surface area contributed by atoms with Gasteiger partial charge in [-0.3, -0.25) is 9.36 Å². The summed E-state index contributed by atoms with van der Waals surface area (Å²) in [5.41, 5.74) is 4.89. The lowest BCUT2D eigenvalue weighted by Crippen LogP contribution is -2.21. The lowest BCUT2D eigenvalue weighted by molar-refractivity contribution is 0.0740. The fraction of sp³-hybridized carbons (Fsp3) is 0.286. The van der Waals surface area contributed by atoms with Crippen LogP contribution in [0.2, 0.25) is 0 Å². The Labute approximate surface area is 162 Å². The highest BCUT2D eigenvalue weighted by Crippen LogP contribution is 2.24. The number of nitrogens with zero attached hydrogens (tertiary/aromatic N) is 3. The van der Waals surface area contributed by atoms with Gasteiger partial charge in [-0.2, -0.15) is 13.9 Å². The molecule has 0 bridgehead atoms. The molecule has 0 aliphatic carbocycles. The summed E-state index contributed by atoms with van der Waals surface area (Å²) in [4.78, 5) is 16.6. The maximum Gasteiger partial charge on any atom is 0.320 e. The zero-order valence-corrected chi connectivity index (χ0v) is 16.2. The number of nitrogens with one attached hydrogen (secondary N) is 1. The molecular formula is C21H22F2N4O. The first-order valence-corrected chi connectivity index (χ1v) is 8.89. The van der Waals surface area contributed by atoms with Crippen LogP contribution >= 0.6 is 0 Å². The largest absolute Gasteiger partial charge is 0.320 e. The summed E-state index contributed by atoms with van der Waals surface area (Å²) in [6.45, 7) is 5.03. The minimum absolute atomic E-state index is 0.0135. The molecule has 1 aromatic heterocycles. The maximum atomic E-state index is 13.5. The smallest absolute Gasteiger partial charge is 0.267 e. The van der Waals surface area contributed by atoms with Gasteiger partial charge in [-0.05, 0) is 42.2 Å². The van der Waals surface area contributed by atoms with E-state index in [2.05, 4.69) is 36.3 Å². The molecule has 0 aliphatic rings. The third-order valence-corrected chi connectivity index (χ3v) is 4.45. The molecule has 0 atom stereocenters. The number of aromatic nitrogens is 2. The van der Waals surface area contributed by atoms with Crippen molar-refractivity contribution < 1.29 is 13.6 Å². The molecule has 0 fully saturated rings. The summed E-state index contributed by atoms with van der Waals surface area (Å²) < 4.78 is 27.9. The van der Waals surface area contributed by atoms with E-state index in [1.807, 2.05) is 12.1 Å². The predicted octanol–water partition coefficient (Wildman–Crippen LogP) is 4.88. The number of para-hydroxylation sites is 2. The Kier molecular flexibility index (Phi) is 5.27. The summed E-state index contributed by atoms with van der Waals surface area (Å²) in [6, 6.07) is 13.8. The zero-order valence-electron chi connectivity index (χ0n) is 16.2. The van der Waals surface area contributed by atoms with E-state index in [9.17, 15) is 13.6 Å². The van der Waals surface area contributed by atoms with Crippen molar-refractivity contribution in [3.8, 4) is 0 Å². The number of carbonyl (C=O) groups excluding carboxylic acids is 1. The average Bonchev–Trinajstić information content (AvgIpc) is 3.05. The van der Waals surface area contributed by atoms with Crippen LogP contribution in [0.25, 0.3) is 11.0 Å². The molecule has 1 heterocycles. The highest BCUT2D eigenvalue weighted by Gasteiger charge is 2.20. The highest BCUT2D eigenvalue weighted by molar-refractivity contribution is 6.00. The average molecular weight is 384 g/mol. The minimum Gasteiger partial charge on any atom is -0.267 e. The van der Waals surface area contributed by atoms with Crippen LogP contribution in [-0.4, -0.2) is 21.2 Å². The molecule has 1 N–H and O–H groups in total. The number of halogens is 2. The molecule has 3 aromatic rings. The third-order valence-electron chi connectivity index (χ3n) is 4.45. The lowest BCUT2D eigenvalue weighted by Gasteiger charge is -2.18.